The third kappa shape index (κ3) is 3.85. The number of nitrogens with zero attached hydrogens (tertiary/aromatic N) is 2. The maximum absolute atomic E-state index is 12.7. The standard InChI is InChI=1S/C21H26N2O2S/c1-16-6-2-3-7-18(16)23-12-11-22(15-21(23)24)14-17-9-10-20(26-17)19-8-4-5-13-25-19/h2-3,6-7,9-10,19H,4-5,8,11-15H2,1H3. The zero-order valence-corrected chi connectivity index (χ0v) is 16.1. The van der Waals surface area contributed by atoms with Crippen LogP contribution in [0.15, 0.2) is 36.4 Å². The number of aryl methyl sites for hydroxylation is 1. The first kappa shape index (κ1) is 17.7. The molecule has 0 N–H and O–H groups in total. The molecule has 1 aromatic heterocycles. The van der Waals surface area contributed by atoms with Crippen LogP contribution in [-0.2, 0) is 16.1 Å². The van der Waals surface area contributed by atoms with Gasteiger partial charge in [0.2, 0.25) is 5.91 Å². The number of thiophene rings is 1. The van der Waals surface area contributed by atoms with E-state index in [2.05, 4.69) is 30.0 Å². The molecule has 1 atom stereocenters. The second-order valence-electron chi connectivity index (χ2n) is 7.20. The fourth-order valence-corrected chi connectivity index (χ4v) is 4.96. The zero-order valence-electron chi connectivity index (χ0n) is 15.3. The van der Waals surface area contributed by atoms with Crippen molar-refractivity contribution in [3.8, 4) is 0 Å². The summed E-state index contributed by atoms with van der Waals surface area (Å²) in [4.78, 5) is 19.5. The predicted molar refractivity (Wildman–Crippen MR) is 106 cm³/mol. The summed E-state index contributed by atoms with van der Waals surface area (Å²) in [7, 11) is 0. The van der Waals surface area contributed by atoms with Crippen molar-refractivity contribution in [3.05, 3.63) is 51.7 Å². The molecule has 0 saturated carbocycles. The van der Waals surface area contributed by atoms with E-state index in [1.807, 2.05) is 34.4 Å². The average molecular weight is 371 g/mol. The molecule has 0 radical (unpaired) electrons. The molecule has 138 valence electrons. The van der Waals surface area contributed by atoms with Crippen LogP contribution in [0.5, 0.6) is 0 Å². The molecular weight excluding hydrogens is 344 g/mol. The highest BCUT2D eigenvalue weighted by Gasteiger charge is 2.26. The quantitative estimate of drug-likeness (QED) is 0.811. The molecule has 4 nitrogen and oxygen atoms in total. The Hall–Kier alpha value is -1.69. The molecule has 0 spiro atoms. The minimum atomic E-state index is 0.193. The van der Waals surface area contributed by atoms with Crippen LogP contribution < -0.4 is 4.90 Å². The molecule has 3 heterocycles. The fourth-order valence-electron chi connectivity index (χ4n) is 3.82. The lowest BCUT2D eigenvalue weighted by atomic mass is 10.1. The Morgan fingerprint density at radius 3 is 2.81 bits per heavy atom. The molecular formula is C21H26N2O2S. The zero-order chi connectivity index (χ0) is 17.9. The first-order chi connectivity index (χ1) is 12.7. The highest BCUT2D eigenvalue weighted by molar-refractivity contribution is 7.12. The van der Waals surface area contributed by atoms with Crippen molar-refractivity contribution in [3.63, 3.8) is 0 Å². The van der Waals surface area contributed by atoms with Gasteiger partial charge in [-0.2, -0.15) is 0 Å². The number of hydrogen-bond donors (Lipinski definition) is 0. The van der Waals surface area contributed by atoms with Gasteiger partial charge >= 0.3 is 0 Å². The number of carbonyl (C=O) groups is 1. The molecule has 1 unspecified atom stereocenters. The minimum Gasteiger partial charge on any atom is -0.373 e. The van der Waals surface area contributed by atoms with Gasteiger partial charge in [0.25, 0.3) is 0 Å². The lowest BCUT2D eigenvalue weighted by Gasteiger charge is -2.34. The van der Waals surface area contributed by atoms with Gasteiger partial charge in [0.1, 0.15) is 0 Å². The molecule has 2 saturated heterocycles. The predicted octanol–water partition coefficient (Wildman–Crippen LogP) is 4.15. The van der Waals surface area contributed by atoms with Gasteiger partial charge in [0.05, 0.1) is 12.6 Å². The Balaban J connectivity index is 1.37. The van der Waals surface area contributed by atoms with Crippen molar-refractivity contribution < 1.29 is 9.53 Å². The normalized spacial score (nSPS) is 22.0. The summed E-state index contributed by atoms with van der Waals surface area (Å²) in [6.07, 6.45) is 3.85. The number of hydrogen-bond acceptors (Lipinski definition) is 4. The number of benzene rings is 1. The maximum atomic E-state index is 12.7. The van der Waals surface area contributed by atoms with Crippen LogP contribution in [0.3, 0.4) is 0 Å². The summed E-state index contributed by atoms with van der Waals surface area (Å²) in [5.41, 5.74) is 2.20. The Kier molecular flexibility index (Phi) is 5.38. The highest BCUT2D eigenvalue weighted by Crippen LogP contribution is 2.33. The van der Waals surface area contributed by atoms with Gasteiger partial charge in [0.15, 0.2) is 0 Å². The lowest BCUT2D eigenvalue weighted by Crippen LogP contribution is -2.50. The van der Waals surface area contributed by atoms with Crippen LogP contribution in [-0.4, -0.2) is 37.0 Å². The van der Waals surface area contributed by atoms with Gasteiger partial charge in [0, 0.05) is 41.7 Å². The Labute approximate surface area is 159 Å². The molecule has 4 rings (SSSR count). The van der Waals surface area contributed by atoms with Gasteiger partial charge in [-0.05, 0) is 49.9 Å². The molecule has 2 aliphatic rings. The van der Waals surface area contributed by atoms with Crippen molar-refractivity contribution >= 4 is 22.9 Å². The van der Waals surface area contributed by atoms with E-state index in [9.17, 15) is 4.79 Å². The second kappa shape index (κ2) is 7.91. The van der Waals surface area contributed by atoms with Crippen LogP contribution in [0.4, 0.5) is 5.69 Å². The molecule has 2 fully saturated rings. The third-order valence-corrected chi connectivity index (χ3v) is 6.43. The molecule has 1 amide bonds. The van der Waals surface area contributed by atoms with Crippen molar-refractivity contribution in [1.29, 1.82) is 0 Å². The lowest BCUT2D eigenvalue weighted by molar-refractivity contribution is -0.121. The first-order valence-electron chi connectivity index (χ1n) is 9.49. The number of piperazine rings is 1. The van der Waals surface area contributed by atoms with Crippen LogP contribution in [0.2, 0.25) is 0 Å². The van der Waals surface area contributed by atoms with E-state index >= 15 is 0 Å². The summed E-state index contributed by atoms with van der Waals surface area (Å²) < 4.78 is 5.89. The topological polar surface area (TPSA) is 32.8 Å². The van der Waals surface area contributed by atoms with Crippen LogP contribution >= 0.6 is 11.3 Å². The van der Waals surface area contributed by atoms with E-state index in [4.69, 9.17) is 4.74 Å². The average Bonchev–Trinajstić information content (AvgIpc) is 3.12. The Morgan fingerprint density at radius 1 is 1.15 bits per heavy atom. The van der Waals surface area contributed by atoms with Crippen molar-refractivity contribution in [2.75, 3.05) is 31.1 Å². The van der Waals surface area contributed by atoms with Gasteiger partial charge in [-0.1, -0.05) is 18.2 Å². The largest absolute Gasteiger partial charge is 0.373 e. The molecule has 0 bridgehead atoms. The summed E-state index contributed by atoms with van der Waals surface area (Å²) >= 11 is 1.84. The molecule has 26 heavy (non-hydrogen) atoms. The first-order valence-corrected chi connectivity index (χ1v) is 10.3. The molecule has 1 aromatic carbocycles. The second-order valence-corrected chi connectivity index (χ2v) is 8.40. The summed E-state index contributed by atoms with van der Waals surface area (Å²) in [5, 5.41) is 0. The van der Waals surface area contributed by atoms with Gasteiger partial charge < -0.3 is 9.64 Å². The number of anilines is 1. The Morgan fingerprint density at radius 2 is 2.04 bits per heavy atom. The maximum Gasteiger partial charge on any atom is 0.241 e. The van der Waals surface area contributed by atoms with E-state index in [-0.39, 0.29) is 12.0 Å². The summed E-state index contributed by atoms with van der Waals surface area (Å²) in [5.74, 6) is 0.193. The third-order valence-electron chi connectivity index (χ3n) is 5.26. The monoisotopic (exact) mass is 370 g/mol. The van der Waals surface area contributed by atoms with Crippen LogP contribution in [0, 0.1) is 6.92 Å². The van der Waals surface area contributed by atoms with Crippen molar-refractivity contribution in [1.82, 2.24) is 4.90 Å². The fraction of sp³-hybridized carbons (Fsp3) is 0.476. The van der Waals surface area contributed by atoms with Crippen molar-refractivity contribution in [2.24, 2.45) is 0 Å². The molecule has 2 aliphatic heterocycles. The summed E-state index contributed by atoms with van der Waals surface area (Å²) in [6, 6.07) is 12.5. The van der Waals surface area contributed by atoms with Crippen LogP contribution in [0.25, 0.3) is 0 Å². The molecule has 0 aliphatic carbocycles. The van der Waals surface area contributed by atoms with E-state index in [1.165, 1.54) is 22.6 Å². The van der Waals surface area contributed by atoms with E-state index < -0.39 is 0 Å². The van der Waals surface area contributed by atoms with Gasteiger partial charge in [-0.3, -0.25) is 9.69 Å². The van der Waals surface area contributed by atoms with Crippen LogP contribution in [0.1, 0.15) is 40.7 Å². The van der Waals surface area contributed by atoms with E-state index in [1.54, 1.807) is 0 Å². The van der Waals surface area contributed by atoms with E-state index in [0.717, 1.165) is 43.9 Å². The SMILES string of the molecule is Cc1ccccc1N1CCN(Cc2ccc(C3CCCCO3)s2)CC1=O. The molecule has 5 heteroatoms. The number of carbonyl (C=O) groups excluding carboxylic acids is 1. The highest BCUT2D eigenvalue weighted by atomic mass is 32.1. The Bertz CT molecular complexity index is 767. The van der Waals surface area contributed by atoms with Gasteiger partial charge in [-0.25, -0.2) is 0 Å². The minimum absolute atomic E-state index is 0.193. The smallest absolute Gasteiger partial charge is 0.241 e. The number of ether oxygens (including phenoxy) is 1. The number of rotatable bonds is 4. The van der Waals surface area contributed by atoms with Crippen molar-refractivity contribution in [2.45, 2.75) is 38.8 Å². The molecule has 2 aromatic rings. The van der Waals surface area contributed by atoms with E-state index in [0.29, 0.717) is 6.54 Å². The number of para-hydroxylation sites is 1. The summed E-state index contributed by atoms with van der Waals surface area (Å²) in [6.45, 7) is 5.95. The number of amides is 1. The van der Waals surface area contributed by atoms with Gasteiger partial charge in [-0.15, -0.1) is 11.3 Å².